The largest absolute Gasteiger partial charge is 0.394 e. The van der Waals surface area contributed by atoms with E-state index < -0.39 is 31.1 Å². The lowest BCUT2D eigenvalue weighted by molar-refractivity contribution is -0.0511. The first-order valence-corrected chi connectivity index (χ1v) is 7.87. The summed E-state index contributed by atoms with van der Waals surface area (Å²) in [6.45, 7) is 1.85. The molecule has 0 radical (unpaired) electrons. The molecule has 1 aliphatic rings. The van der Waals surface area contributed by atoms with E-state index in [2.05, 4.69) is 20.3 Å². The summed E-state index contributed by atoms with van der Waals surface area (Å²) in [7, 11) is 0. The van der Waals surface area contributed by atoms with Crippen LogP contribution in [0.5, 0.6) is 0 Å². The molecule has 10 nitrogen and oxygen atoms in total. The molecule has 0 saturated carbocycles. The summed E-state index contributed by atoms with van der Waals surface area (Å²) in [5.74, 6) is 0.498. The molecule has 0 aliphatic carbocycles. The monoisotopic (exact) mass is 351 g/mol. The molecule has 10 heteroatoms. The predicted molar refractivity (Wildman–Crippen MR) is 87.7 cm³/mol. The van der Waals surface area contributed by atoms with E-state index in [0.29, 0.717) is 23.5 Å². The van der Waals surface area contributed by atoms with Gasteiger partial charge in [0.2, 0.25) is 0 Å². The summed E-state index contributed by atoms with van der Waals surface area (Å²) in [6.07, 6.45) is 0.443. The molecule has 5 N–H and O–H groups in total. The lowest BCUT2D eigenvalue weighted by Crippen LogP contribution is -2.33. The zero-order chi connectivity index (χ0) is 18.0. The summed E-state index contributed by atoms with van der Waals surface area (Å²) < 4.78 is 7.01. The molecule has 1 saturated heterocycles. The van der Waals surface area contributed by atoms with Crippen LogP contribution in [0.2, 0.25) is 0 Å². The Labute approximate surface area is 143 Å². The summed E-state index contributed by atoms with van der Waals surface area (Å²) >= 11 is 0. The second-order valence-electron chi connectivity index (χ2n) is 5.86. The third-order valence-corrected chi connectivity index (χ3v) is 4.12. The number of imidazole rings is 1. The van der Waals surface area contributed by atoms with Gasteiger partial charge in [-0.1, -0.05) is 11.6 Å². The van der Waals surface area contributed by atoms with Gasteiger partial charge in [0.05, 0.1) is 19.5 Å². The van der Waals surface area contributed by atoms with Crippen molar-refractivity contribution in [3.63, 3.8) is 0 Å². The highest BCUT2D eigenvalue weighted by Crippen LogP contribution is 2.31. The van der Waals surface area contributed by atoms with Gasteiger partial charge in [0.25, 0.3) is 0 Å². The smallest absolute Gasteiger partial charge is 0.167 e. The average Bonchev–Trinajstić information content (AvgIpc) is 3.17. The molecule has 0 unspecified atom stereocenters. The number of nitrogens with zero attached hydrogens (tertiary/aromatic N) is 4. The van der Waals surface area contributed by atoms with Gasteiger partial charge in [0.1, 0.15) is 24.6 Å². The summed E-state index contributed by atoms with van der Waals surface area (Å²) in [4.78, 5) is 12.6. The third kappa shape index (κ3) is 3.34. The number of hydrogen-bond acceptors (Lipinski definition) is 9. The van der Waals surface area contributed by atoms with Crippen LogP contribution in [0.25, 0.3) is 11.2 Å². The predicted octanol–water partition coefficient (Wildman–Crippen LogP) is -1.21. The highest BCUT2D eigenvalue weighted by Gasteiger charge is 2.44. The maximum absolute atomic E-state index is 10.2. The maximum atomic E-state index is 10.2. The van der Waals surface area contributed by atoms with Crippen molar-refractivity contribution in [1.82, 2.24) is 19.5 Å². The molecule has 1 aliphatic heterocycles. The molecular formula is C15H21N5O5. The maximum Gasteiger partial charge on any atom is 0.167 e. The van der Waals surface area contributed by atoms with E-state index in [0.717, 1.165) is 5.57 Å². The molecule has 0 spiro atoms. The van der Waals surface area contributed by atoms with E-state index in [1.54, 1.807) is 0 Å². The van der Waals surface area contributed by atoms with Crippen molar-refractivity contribution in [2.75, 3.05) is 25.1 Å². The first-order valence-electron chi connectivity index (χ1n) is 7.87. The Hall–Kier alpha value is -2.11. The number of ether oxygens (including phenoxy) is 1. The molecular weight excluding hydrogens is 330 g/mol. The number of fused-ring (bicyclic) bond motifs is 1. The third-order valence-electron chi connectivity index (χ3n) is 4.12. The number of aliphatic hydroxyl groups excluding tert-OH is 4. The van der Waals surface area contributed by atoms with Gasteiger partial charge < -0.3 is 30.5 Å². The van der Waals surface area contributed by atoms with Crippen molar-refractivity contribution in [1.29, 1.82) is 0 Å². The zero-order valence-electron chi connectivity index (χ0n) is 13.6. The second kappa shape index (κ2) is 7.42. The quantitative estimate of drug-likeness (QED) is 0.404. The summed E-state index contributed by atoms with van der Waals surface area (Å²) in [5.41, 5.74) is 1.74. The lowest BCUT2D eigenvalue weighted by atomic mass is 10.1. The number of nitrogens with one attached hydrogen (secondary N) is 1. The highest BCUT2D eigenvalue weighted by molar-refractivity contribution is 5.82. The molecule has 1 fully saturated rings. The van der Waals surface area contributed by atoms with Crippen LogP contribution in [-0.4, -0.2) is 78.0 Å². The van der Waals surface area contributed by atoms with Crippen molar-refractivity contribution in [3.05, 3.63) is 24.3 Å². The minimum Gasteiger partial charge on any atom is -0.394 e. The van der Waals surface area contributed by atoms with E-state index in [4.69, 9.17) is 9.84 Å². The van der Waals surface area contributed by atoms with Crippen LogP contribution >= 0.6 is 0 Å². The van der Waals surface area contributed by atoms with Gasteiger partial charge >= 0.3 is 0 Å². The molecule has 2 aromatic rings. The first-order chi connectivity index (χ1) is 12.1. The topological polar surface area (TPSA) is 146 Å². The number of aliphatic hydroxyl groups is 4. The summed E-state index contributed by atoms with van der Waals surface area (Å²) in [5, 5.41) is 41.4. The SMILES string of the molecule is C/C(=C\CNc1ncnc2c1ncn2[C@@H]1O[C@@H](CO)[C@H](O)[C@H]1O)CO. The molecule has 0 aromatic carbocycles. The van der Waals surface area contributed by atoms with Gasteiger partial charge in [-0.05, 0) is 6.92 Å². The normalized spacial score (nSPS) is 27.2. The Morgan fingerprint density at radius 3 is 2.76 bits per heavy atom. The fourth-order valence-electron chi connectivity index (χ4n) is 2.66. The molecule has 25 heavy (non-hydrogen) atoms. The minimum absolute atomic E-state index is 0.0131. The van der Waals surface area contributed by atoms with E-state index >= 15 is 0 Å². The van der Waals surface area contributed by atoms with Crippen LogP contribution in [0, 0.1) is 0 Å². The minimum atomic E-state index is -1.21. The van der Waals surface area contributed by atoms with Crippen molar-refractivity contribution in [2.45, 2.75) is 31.5 Å². The van der Waals surface area contributed by atoms with Crippen molar-refractivity contribution in [2.24, 2.45) is 0 Å². The Kier molecular flexibility index (Phi) is 5.25. The van der Waals surface area contributed by atoms with Crippen LogP contribution < -0.4 is 5.32 Å². The first kappa shape index (κ1) is 17.7. The van der Waals surface area contributed by atoms with Gasteiger partial charge in [-0.25, -0.2) is 15.0 Å². The van der Waals surface area contributed by atoms with Crippen LogP contribution in [0.3, 0.4) is 0 Å². The van der Waals surface area contributed by atoms with E-state index in [1.165, 1.54) is 17.2 Å². The van der Waals surface area contributed by atoms with Crippen LogP contribution in [0.15, 0.2) is 24.3 Å². The Bertz CT molecular complexity index is 764. The highest BCUT2D eigenvalue weighted by atomic mass is 16.6. The molecule has 3 heterocycles. The molecule has 2 aromatic heterocycles. The van der Waals surface area contributed by atoms with Gasteiger partial charge in [0, 0.05) is 6.54 Å². The zero-order valence-corrected chi connectivity index (χ0v) is 13.6. The van der Waals surface area contributed by atoms with Crippen LogP contribution in [-0.2, 0) is 4.74 Å². The Morgan fingerprint density at radius 1 is 1.28 bits per heavy atom. The molecule has 0 bridgehead atoms. The van der Waals surface area contributed by atoms with Crippen LogP contribution in [0.4, 0.5) is 5.82 Å². The lowest BCUT2D eigenvalue weighted by Gasteiger charge is -2.16. The van der Waals surface area contributed by atoms with E-state index in [-0.39, 0.29) is 6.61 Å². The molecule has 136 valence electrons. The number of aromatic nitrogens is 4. The summed E-state index contributed by atoms with van der Waals surface area (Å²) in [6, 6.07) is 0. The fourth-order valence-corrected chi connectivity index (χ4v) is 2.66. The van der Waals surface area contributed by atoms with Crippen molar-refractivity contribution < 1.29 is 25.2 Å². The number of anilines is 1. The van der Waals surface area contributed by atoms with Gasteiger partial charge in [-0.3, -0.25) is 4.57 Å². The second-order valence-corrected chi connectivity index (χ2v) is 5.86. The van der Waals surface area contributed by atoms with Gasteiger partial charge in [0.15, 0.2) is 23.2 Å². The standard InChI is InChI=1S/C15H21N5O5/c1-8(4-21)2-3-16-13-10-14(18-6-17-13)20(7-19-10)15-12(24)11(23)9(5-22)25-15/h2,6-7,9,11-12,15,21-24H,3-5H2,1H3,(H,16,17,18)/b8-2+/t9-,11-,12+,15+/m0/s1. The molecule has 0 amide bonds. The van der Waals surface area contributed by atoms with Crippen LogP contribution in [0.1, 0.15) is 13.2 Å². The van der Waals surface area contributed by atoms with Gasteiger partial charge in [-0.15, -0.1) is 0 Å². The Morgan fingerprint density at radius 2 is 2.08 bits per heavy atom. The average molecular weight is 351 g/mol. The van der Waals surface area contributed by atoms with E-state index in [9.17, 15) is 15.3 Å². The van der Waals surface area contributed by atoms with Crippen molar-refractivity contribution in [3.8, 4) is 0 Å². The van der Waals surface area contributed by atoms with E-state index in [1.807, 2.05) is 13.0 Å². The van der Waals surface area contributed by atoms with Gasteiger partial charge in [-0.2, -0.15) is 0 Å². The fraction of sp³-hybridized carbons (Fsp3) is 0.533. The van der Waals surface area contributed by atoms with Crippen molar-refractivity contribution >= 4 is 17.0 Å². The number of hydrogen-bond donors (Lipinski definition) is 5. The number of rotatable bonds is 6. The molecule has 4 atom stereocenters. The molecule has 3 rings (SSSR count). The Balaban J connectivity index is 1.86.